The van der Waals surface area contributed by atoms with E-state index in [0.29, 0.717) is 11.3 Å². The minimum atomic E-state index is 0. The molecule has 0 atom stereocenters. The summed E-state index contributed by atoms with van der Waals surface area (Å²) < 4.78 is 0. The molecule has 2 heteroatoms. The number of hydrogen-bond donors (Lipinski definition) is 0. The molecule has 2 rings (SSSR count). The van der Waals surface area contributed by atoms with Crippen molar-refractivity contribution in [3.05, 3.63) is 48.6 Å². The first-order valence-corrected chi connectivity index (χ1v) is 4.88. The van der Waals surface area contributed by atoms with Gasteiger partial charge in [-0.2, -0.15) is 0 Å². The molecule has 0 radical (unpaired) electrons. The summed E-state index contributed by atoms with van der Waals surface area (Å²) >= 11 is 0. The standard InChI is InChI=1S/C10H10P.Li/c1-2-6-9(5-1)11-10-7-3-4-8-10;/h1-10H;/q-1;+1. The van der Waals surface area contributed by atoms with Gasteiger partial charge in [-0.25, -0.2) is 0 Å². The van der Waals surface area contributed by atoms with Crippen molar-refractivity contribution in [3.8, 4) is 0 Å². The summed E-state index contributed by atoms with van der Waals surface area (Å²) in [6, 6.07) is 0. The Morgan fingerprint density at radius 3 is 1.33 bits per heavy atom. The smallest absolute Gasteiger partial charge is 0.516 e. The van der Waals surface area contributed by atoms with Crippen molar-refractivity contribution in [2.75, 3.05) is 0 Å². The topological polar surface area (TPSA) is 0 Å². The van der Waals surface area contributed by atoms with E-state index in [2.05, 4.69) is 48.6 Å². The van der Waals surface area contributed by atoms with Crippen LogP contribution >= 0.6 is 8.58 Å². The first kappa shape index (κ1) is 10.1. The molecule has 0 fully saturated rings. The monoisotopic (exact) mass is 168 g/mol. The van der Waals surface area contributed by atoms with Crippen LogP contribution in [0.1, 0.15) is 0 Å². The third kappa shape index (κ3) is 2.49. The van der Waals surface area contributed by atoms with Crippen molar-refractivity contribution in [1.29, 1.82) is 0 Å². The largest absolute Gasteiger partial charge is 1.00 e. The zero-order valence-corrected chi connectivity index (χ0v) is 8.12. The van der Waals surface area contributed by atoms with Gasteiger partial charge in [-0.15, -0.1) is 35.6 Å². The van der Waals surface area contributed by atoms with Crippen LogP contribution in [0.15, 0.2) is 48.6 Å². The second-order valence-corrected chi connectivity index (χ2v) is 4.16. The van der Waals surface area contributed by atoms with Gasteiger partial charge in [-0.3, -0.25) is 0 Å². The van der Waals surface area contributed by atoms with Crippen LogP contribution in [0.5, 0.6) is 0 Å². The van der Waals surface area contributed by atoms with Crippen LogP contribution in [-0.4, -0.2) is 11.3 Å². The van der Waals surface area contributed by atoms with Crippen LogP contribution in [-0.2, 0) is 0 Å². The van der Waals surface area contributed by atoms with Gasteiger partial charge >= 0.3 is 18.9 Å². The SMILES string of the molecule is C1=CC([P-]C2C=CC=C2)C=C1.[Li+]. The molecular weight excluding hydrogens is 158 g/mol. The molecule has 56 valence electrons. The predicted octanol–water partition coefficient (Wildman–Crippen LogP) is -0.0742. The summed E-state index contributed by atoms with van der Waals surface area (Å²) in [6.45, 7) is 0. The third-order valence-electron chi connectivity index (χ3n) is 1.80. The van der Waals surface area contributed by atoms with Crippen molar-refractivity contribution >= 4 is 8.58 Å². The van der Waals surface area contributed by atoms with E-state index in [1.165, 1.54) is 8.58 Å². The fourth-order valence-corrected chi connectivity index (χ4v) is 2.43. The average molecular weight is 168 g/mol. The Labute approximate surface area is 87.5 Å². The molecule has 0 aromatic carbocycles. The molecule has 0 aromatic heterocycles. The zero-order chi connectivity index (χ0) is 7.52. The summed E-state index contributed by atoms with van der Waals surface area (Å²) in [5.74, 6) is 0. The van der Waals surface area contributed by atoms with E-state index in [1.54, 1.807) is 0 Å². The van der Waals surface area contributed by atoms with Crippen molar-refractivity contribution in [2.45, 2.75) is 11.3 Å². The molecule has 2 aliphatic carbocycles. The first-order chi connectivity index (χ1) is 5.45. The van der Waals surface area contributed by atoms with Gasteiger partial charge in [0.15, 0.2) is 0 Å². The third-order valence-corrected chi connectivity index (χ3v) is 3.18. The number of hydrogen-bond acceptors (Lipinski definition) is 0. The molecular formula is C10H10LiP. The maximum atomic E-state index is 2.25. The molecule has 0 heterocycles. The van der Waals surface area contributed by atoms with E-state index >= 15 is 0 Å². The van der Waals surface area contributed by atoms with Crippen molar-refractivity contribution in [2.24, 2.45) is 0 Å². The Kier molecular flexibility index (Phi) is 4.09. The summed E-state index contributed by atoms with van der Waals surface area (Å²) in [7, 11) is 1.48. The van der Waals surface area contributed by atoms with Crippen LogP contribution in [0.4, 0.5) is 0 Å². The van der Waals surface area contributed by atoms with Gasteiger partial charge in [-0.05, 0) is 0 Å². The van der Waals surface area contributed by atoms with Gasteiger partial charge < -0.3 is 8.58 Å². The number of rotatable bonds is 2. The van der Waals surface area contributed by atoms with Gasteiger partial charge in [-0.1, -0.05) is 24.3 Å². The molecule has 12 heavy (non-hydrogen) atoms. The van der Waals surface area contributed by atoms with Gasteiger partial charge in [0.1, 0.15) is 0 Å². The quantitative estimate of drug-likeness (QED) is 0.400. The molecule has 0 N–H and O–H groups in total. The summed E-state index contributed by atoms with van der Waals surface area (Å²) in [5, 5.41) is 0. The minimum Gasteiger partial charge on any atom is -0.516 e. The second kappa shape index (κ2) is 4.88. The molecule has 0 aliphatic heterocycles. The van der Waals surface area contributed by atoms with Crippen LogP contribution in [0, 0.1) is 0 Å². The molecule has 0 unspecified atom stereocenters. The van der Waals surface area contributed by atoms with Crippen molar-refractivity contribution in [1.82, 2.24) is 0 Å². The normalized spacial score (nSPS) is 20.7. The van der Waals surface area contributed by atoms with E-state index in [0.717, 1.165) is 0 Å². The van der Waals surface area contributed by atoms with E-state index in [4.69, 9.17) is 0 Å². The summed E-state index contributed by atoms with van der Waals surface area (Å²) in [5.41, 5.74) is 1.29. The zero-order valence-electron chi connectivity index (χ0n) is 7.22. The van der Waals surface area contributed by atoms with Crippen LogP contribution in [0.2, 0.25) is 0 Å². The van der Waals surface area contributed by atoms with Crippen LogP contribution in [0.25, 0.3) is 0 Å². The van der Waals surface area contributed by atoms with E-state index in [-0.39, 0.29) is 18.9 Å². The van der Waals surface area contributed by atoms with E-state index in [1.807, 2.05) is 0 Å². The molecule has 0 aromatic rings. The minimum absolute atomic E-state index is 0. The van der Waals surface area contributed by atoms with E-state index < -0.39 is 0 Å². The average Bonchev–Trinajstić information content (AvgIpc) is 2.60. The Morgan fingerprint density at radius 1 is 0.667 bits per heavy atom. The fraction of sp³-hybridized carbons (Fsp3) is 0.200. The van der Waals surface area contributed by atoms with Gasteiger partial charge in [0, 0.05) is 0 Å². The Morgan fingerprint density at radius 2 is 1.00 bits per heavy atom. The molecule has 0 amide bonds. The summed E-state index contributed by atoms with van der Waals surface area (Å²) in [6.07, 6.45) is 17.5. The molecule has 0 bridgehead atoms. The predicted molar refractivity (Wildman–Crippen MR) is 51.1 cm³/mol. The molecule has 0 saturated heterocycles. The molecule has 0 nitrogen and oxygen atoms in total. The molecule has 0 spiro atoms. The van der Waals surface area contributed by atoms with Crippen LogP contribution < -0.4 is 18.9 Å². The number of allylic oxidation sites excluding steroid dienone is 8. The Balaban J connectivity index is 0.000000720. The van der Waals surface area contributed by atoms with Crippen molar-refractivity contribution in [3.63, 3.8) is 0 Å². The van der Waals surface area contributed by atoms with Crippen molar-refractivity contribution < 1.29 is 18.9 Å². The Hall–Kier alpha value is -0.0126. The first-order valence-electron chi connectivity index (χ1n) is 3.85. The fourth-order valence-electron chi connectivity index (χ4n) is 1.24. The van der Waals surface area contributed by atoms with Gasteiger partial charge in [0.05, 0.1) is 0 Å². The van der Waals surface area contributed by atoms with Gasteiger partial charge in [0.25, 0.3) is 0 Å². The van der Waals surface area contributed by atoms with Crippen LogP contribution in [0.3, 0.4) is 0 Å². The summed E-state index contributed by atoms with van der Waals surface area (Å²) in [4.78, 5) is 0. The Bertz CT molecular complexity index is 201. The molecule has 0 saturated carbocycles. The second-order valence-electron chi connectivity index (χ2n) is 2.67. The van der Waals surface area contributed by atoms with E-state index in [9.17, 15) is 0 Å². The van der Waals surface area contributed by atoms with Gasteiger partial charge in [0.2, 0.25) is 0 Å². The maximum absolute atomic E-state index is 2.25. The molecule has 2 aliphatic rings. The maximum Gasteiger partial charge on any atom is 1.00 e.